The zero-order chi connectivity index (χ0) is 21.3. The Morgan fingerprint density at radius 1 is 1.17 bits per heavy atom. The number of nitrogens with one attached hydrogen (secondary N) is 1. The van der Waals surface area contributed by atoms with Crippen LogP contribution in [0.4, 0.5) is 10.1 Å². The molecule has 1 aliphatic rings. The zero-order valence-corrected chi connectivity index (χ0v) is 18.1. The highest BCUT2D eigenvalue weighted by Gasteiger charge is 2.42. The highest BCUT2D eigenvalue weighted by Crippen LogP contribution is 2.43. The minimum Gasteiger partial charge on any atom is -0.383 e. The van der Waals surface area contributed by atoms with Crippen LogP contribution >= 0.6 is 12.2 Å². The highest BCUT2D eigenvalue weighted by molar-refractivity contribution is 7.80. The van der Waals surface area contributed by atoms with Gasteiger partial charge in [-0.3, -0.25) is 4.98 Å². The molecule has 5 nitrogen and oxygen atoms in total. The van der Waals surface area contributed by atoms with Gasteiger partial charge in [0.25, 0.3) is 0 Å². The minimum atomic E-state index is -0.304. The van der Waals surface area contributed by atoms with Crippen LogP contribution in [0.25, 0.3) is 0 Å². The lowest BCUT2D eigenvalue weighted by Gasteiger charge is -2.28. The lowest BCUT2D eigenvalue weighted by molar-refractivity contribution is 0.186. The molecule has 4 rings (SSSR count). The molecule has 1 aliphatic heterocycles. The number of hydrogen-bond donors (Lipinski definition) is 1. The standard InChI is InChI=1S/C23H25FN4OS/c1-15-14-17(16(2)27(15)12-13-29-3)22-21(19-9-6-7-11-25-19)26-23(30)28(22)20-10-5-4-8-18(20)24/h4-11,14,21-22H,12-13H2,1-3H3,(H,26,30)/t21-,22-/m0/s1. The molecule has 0 aliphatic carbocycles. The Kier molecular flexibility index (Phi) is 5.83. The van der Waals surface area contributed by atoms with Crippen molar-refractivity contribution >= 4 is 23.0 Å². The number of ether oxygens (including phenoxy) is 1. The van der Waals surface area contributed by atoms with Crippen LogP contribution in [-0.2, 0) is 11.3 Å². The monoisotopic (exact) mass is 424 g/mol. The van der Waals surface area contributed by atoms with Crippen molar-refractivity contribution in [2.45, 2.75) is 32.5 Å². The van der Waals surface area contributed by atoms with Crippen LogP contribution in [0, 0.1) is 19.7 Å². The maximum Gasteiger partial charge on any atom is 0.174 e. The van der Waals surface area contributed by atoms with Gasteiger partial charge in [0.2, 0.25) is 0 Å². The number of pyridine rings is 1. The molecule has 0 unspecified atom stereocenters. The van der Waals surface area contributed by atoms with Crippen molar-refractivity contribution in [1.29, 1.82) is 0 Å². The van der Waals surface area contributed by atoms with E-state index in [4.69, 9.17) is 17.0 Å². The number of rotatable bonds is 6. The van der Waals surface area contributed by atoms with Gasteiger partial charge in [0.1, 0.15) is 5.82 Å². The molecular formula is C23H25FN4OS. The van der Waals surface area contributed by atoms with Gasteiger partial charge < -0.3 is 19.5 Å². The van der Waals surface area contributed by atoms with Crippen LogP contribution in [-0.4, -0.2) is 28.4 Å². The number of aryl methyl sites for hydroxylation is 1. The van der Waals surface area contributed by atoms with Crippen LogP contribution in [0.2, 0.25) is 0 Å². The number of methoxy groups -OCH3 is 1. The van der Waals surface area contributed by atoms with E-state index in [-0.39, 0.29) is 17.9 Å². The van der Waals surface area contributed by atoms with Crippen LogP contribution in [0.15, 0.2) is 54.7 Å². The second kappa shape index (κ2) is 8.53. The van der Waals surface area contributed by atoms with Crippen LogP contribution < -0.4 is 10.2 Å². The molecule has 0 saturated carbocycles. The molecular weight excluding hydrogens is 399 g/mol. The SMILES string of the molecule is COCCn1c(C)cc([C@H]2[C@H](c3ccccn3)NC(=S)N2c2ccccc2F)c1C. The zero-order valence-electron chi connectivity index (χ0n) is 17.3. The molecule has 7 heteroatoms. The smallest absolute Gasteiger partial charge is 0.174 e. The van der Waals surface area contributed by atoms with Crippen molar-refractivity contribution in [3.63, 3.8) is 0 Å². The summed E-state index contributed by atoms with van der Waals surface area (Å²) in [6, 6.07) is 14.3. The Hall–Kier alpha value is -2.77. The molecule has 0 amide bonds. The number of aromatic nitrogens is 2. The lowest BCUT2D eigenvalue weighted by atomic mass is 9.96. The van der Waals surface area contributed by atoms with Crippen LogP contribution in [0.5, 0.6) is 0 Å². The van der Waals surface area contributed by atoms with Gasteiger partial charge in [-0.15, -0.1) is 0 Å². The summed E-state index contributed by atoms with van der Waals surface area (Å²) in [6.07, 6.45) is 1.77. The summed E-state index contributed by atoms with van der Waals surface area (Å²) in [7, 11) is 1.70. The first-order valence-corrected chi connectivity index (χ1v) is 10.3. The fourth-order valence-corrected chi connectivity index (χ4v) is 4.57. The summed E-state index contributed by atoms with van der Waals surface area (Å²) in [4.78, 5) is 6.44. The summed E-state index contributed by atoms with van der Waals surface area (Å²) >= 11 is 5.68. The van der Waals surface area contributed by atoms with Gasteiger partial charge in [-0.05, 0) is 62.0 Å². The van der Waals surface area contributed by atoms with Gasteiger partial charge >= 0.3 is 0 Å². The molecule has 0 bridgehead atoms. The minimum absolute atomic E-state index is 0.199. The number of halogens is 1. The van der Waals surface area contributed by atoms with Crippen molar-refractivity contribution in [1.82, 2.24) is 14.9 Å². The Morgan fingerprint density at radius 2 is 1.93 bits per heavy atom. The number of hydrogen-bond acceptors (Lipinski definition) is 3. The molecule has 156 valence electrons. The van der Waals surface area contributed by atoms with Gasteiger partial charge in [0, 0.05) is 31.2 Å². The second-order valence-corrected chi connectivity index (χ2v) is 7.81. The van der Waals surface area contributed by atoms with Crippen LogP contribution in [0.3, 0.4) is 0 Å². The fourth-order valence-electron chi connectivity index (χ4n) is 4.23. The van der Waals surface area contributed by atoms with Crippen molar-refractivity contribution in [3.05, 3.63) is 83.2 Å². The average Bonchev–Trinajstić information content (AvgIpc) is 3.23. The summed E-state index contributed by atoms with van der Waals surface area (Å²) in [5.41, 5.74) is 4.66. The van der Waals surface area contributed by atoms with Gasteiger partial charge in [-0.1, -0.05) is 18.2 Å². The first-order valence-electron chi connectivity index (χ1n) is 9.93. The van der Waals surface area contributed by atoms with E-state index in [1.54, 1.807) is 25.4 Å². The largest absolute Gasteiger partial charge is 0.383 e. The molecule has 1 fully saturated rings. The number of benzene rings is 1. The predicted molar refractivity (Wildman–Crippen MR) is 120 cm³/mol. The van der Waals surface area contributed by atoms with Gasteiger partial charge in [0.05, 0.1) is 30.1 Å². The Labute approximate surface area is 181 Å². The molecule has 0 spiro atoms. The van der Waals surface area contributed by atoms with Crippen molar-refractivity contribution in [2.24, 2.45) is 0 Å². The normalized spacial score (nSPS) is 18.7. The van der Waals surface area contributed by atoms with E-state index < -0.39 is 0 Å². The Bertz CT molecular complexity index is 1050. The fraction of sp³-hybridized carbons (Fsp3) is 0.304. The molecule has 30 heavy (non-hydrogen) atoms. The lowest BCUT2D eigenvalue weighted by Crippen LogP contribution is -2.30. The van der Waals surface area contributed by atoms with Gasteiger partial charge in [-0.2, -0.15) is 0 Å². The maximum absolute atomic E-state index is 14.8. The van der Waals surface area contributed by atoms with E-state index in [9.17, 15) is 4.39 Å². The number of nitrogens with zero attached hydrogens (tertiary/aromatic N) is 3. The van der Waals surface area contributed by atoms with E-state index in [0.29, 0.717) is 17.4 Å². The molecule has 2 aromatic heterocycles. The van der Waals surface area contributed by atoms with E-state index >= 15 is 0 Å². The Balaban J connectivity index is 1.86. The average molecular weight is 425 g/mol. The summed E-state index contributed by atoms with van der Waals surface area (Å²) in [6.45, 7) is 5.55. The topological polar surface area (TPSA) is 42.3 Å². The summed E-state index contributed by atoms with van der Waals surface area (Å²) in [5, 5.41) is 3.88. The third-order valence-electron chi connectivity index (χ3n) is 5.66. The molecule has 3 heterocycles. The first kappa shape index (κ1) is 20.5. The molecule has 1 N–H and O–H groups in total. The molecule has 3 aromatic rings. The van der Waals surface area contributed by atoms with Gasteiger partial charge in [-0.25, -0.2) is 4.39 Å². The molecule has 0 radical (unpaired) electrons. The third kappa shape index (κ3) is 3.59. The highest BCUT2D eigenvalue weighted by atomic mass is 32.1. The van der Waals surface area contributed by atoms with E-state index in [0.717, 1.165) is 29.2 Å². The summed E-state index contributed by atoms with van der Waals surface area (Å²) in [5.74, 6) is -0.304. The van der Waals surface area contributed by atoms with Gasteiger partial charge in [0.15, 0.2) is 5.11 Å². The van der Waals surface area contributed by atoms with Crippen molar-refractivity contribution in [3.8, 4) is 0 Å². The third-order valence-corrected chi connectivity index (χ3v) is 5.98. The number of anilines is 1. The van der Waals surface area contributed by atoms with E-state index in [2.05, 4.69) is 34.8 Å². The van der Waals surface area contributed by atoms with E-state index in [1.807, 2.05) is 29.2 Å². The van der Waals surface area contributed by atoms with Crippen molar-refractivity contribution < 1.29 is 9.13 Å². The summed E-state index contributed by atoms with van der Waals surface area (Å²) < 4.78 is 22.3. The van der Waals surface area contributed by atoms with Crippen molar-refractivity contribution in [2.75, 3.05) is 18.6 Å². The maximum atomic E-state index is 14.8. The number of para-hydroxylation sites is 1. The molecule has 1 saturated heterocycles. The Morgan fingerprint density at radius 3 is 2.63 bits per heavy atom. The molecule has 1 aromatic carbocycles. The second-order valence-electron chi connectivity index (χ2n) is 7.42. The van der Waals surface area contributed by atoms with E-state index in [1.165, 1.54) is 6.07 Å². The predicted octanol–water partition coefficient (Wildman–Crippen LogP) is 4.46. The first-order chi connectivity index (χ1) is 14.5. The van der Waals surface area contributed by atoms with Crippen LogP contribution in [0.1, 0.15) is 34.7 Å². The number of thiocarbonyl (C=S) groups is 1. The quantitative estimate of drug-likeness (QED) is 0.592. The molecule has 2 atom stereocenters.